The summed E-state index contributed by atoms with van der Waals surface area (Å²) in [5.74, 6) is 1.63. The van der Waals surface area contributed by atoms with E-state index in [1.165, 1.54) is 0 Å². The fraction of sp³-hybridized carbons (Fsp3) is 0.231. The Morgan fingerprint density at radius 3 is 2.18 bits per heavy atom. The summed E-state index contributed by atoms with van der Waals surface area (Å²) >= 11 is 5.94. The monoisotopic (exact) mass is 465 g/mol. The Morgan fingerprint density at radius 2 is 1.55 bits per heavy atom. The number of amides is 3. The lowest BCUT2D eigenvalue weighted by Gasteiger charge is -2.24. The molecule has 0 atom stereocenters. The van der Waals surface area contributed by atoms with Crippen LogP contribution in [-0.4, -0.2) is 25.0 Å². The van der Waals surface area contributed by atoms with Crippen molar-refractivity contribution in [1.29, 1.82) is 0 Å². The summed E-state index contributed by atoms with van der Waals surface area (Å²) in [4.78, 5) is 26.7. The summed E-state index contributed by atoms with van der Waals surface area (Å²) in [6.45, 7) is 4.62. The second-order valence-corrected chi connectivity index (χ2v) is 8.38. The first-order valence-electron chi connectivity index (χ1n) is 10.8. The molecule has 0 saturated heterocycles. The Morgan fingerprint density at radius 1 is 0.909 bits per heavy atom. The van der Waals surface area contributed by atoms with Crippen molar-refractivity contribution in [1.82, 2.24) is 5.32 Å². The third kappa shape index (κ3) is 7.84. The molecule has 0 unspecified atom stereocenters. The maximum Gasteiger partial charge on any atom is 0.326 e. The lowest BCUT2D eigenvalue weighted by atomic mass is 10.1. The molecule has 0 bridgehead atoms. The van der Waals surface area contributed by atoms with E-state index in [-0.39, 0.29) is 17.9 Å². The number of para-hydroxylation sites is 1. The van der Waals surface area contributed by atoms with E-state index in [0.29, 0.717) is 41.7 Å². The number of benzene rings is 3. The molecule has 6 nitrogen and oxygen atoms in total. The Hall–Kier alpha value is -3.51. The van der Waals surface area contributed by atoms with Gasteiger partial charge < -0.3 is 15.4 Å². The van der Waals surface area contributed by atoms with Crippen LogP contribution in [0.1, 0.15) is 20.3 Å². The predicted octanol–water partition coefficient (Wildman–Crippen LogP) is 6.33. The maximum atomic E-state index is 13.1. The van der Waals surface area contributed by atoms with E-state index >= 15 is 0 Å². The number of rotatable bonds is 9. The van der Waals surface area contributed by atoms with Gasteiger partial charge in [-0.05, 0) is 66.6 Å². The molecular weight excluding hydrogens is 438 g/mol. The lowest BCUT2D eigenvalue weighted by molar-refractivity contribution is -0.121. The number of nitrogens with zero attached hydrogens (tertiary/aromatic N) is 1. The summed E-state index contributed by atoms with van der Waals surface area (Å²) in [5.41, 5.74) is 1.31. The second-order valence-electron chi connectivity index (χ2n) is 7.95. The van der Waals surface area contributed by atoms with Gasteiger partial charge in [0, 0.05) is 35.9 Å². The summed E-state index contributed by atoms with van der Waals surface area (Å²) in [7, 11) is 0. The van der Waals surface area contributed by atoms with Crippen molar-refractivity contribution >= 4 is 34.9 Å². The van der Waals surface area contributed by atoms with Crippen LogP contribution >= 0.6 is 11.6 Å². The molecule has 0 aliphatic rings. The molecule has 0 aliphatic heterocycles. The smallest absolute Gasteiger partial charge is 0.326 e. The van der Waals surface area contributed by atoms with Gasteiger partial charge in [-0.3, -0.25) is 9.69 Å². The zero-order chi connectivity index (χ0) is 23.6. The van der Waals surface area contributed by atoms with Crippen LogP contribution in [0.3, 0.4) is 0 Å². The molecule has 7 heteroatoms. The zero-order valence-corrected chi connectivity index (χ0v) is 19.5. The number of carbonyl (C=O) groups is 2. The molecule has 3 aromatic carbocycles. The van der Waals surface area contributed by atoms with E-state index in [1.807, 2.05) is 68.4 Å². The molecule has 172 valence electrons. The first-order valence-corrected chi connectivity index (χ1v) is 11.2. The van der Waals surface area contributed by atoms with E-state index in [9.17, 15) is 9.59 Å². The maximum absolute atomic E-state index is 13.1. The normalized spacial score (nSPS) is 10.5. The van der Waals surface area contributed by atoms with Crippen molar-refractivity contribution in [2.24, 2.45) is 5.92 Å². The van der Waals surface area contributed by atoms with Gasteiger partial charge in [0.15, 0.2) is 0 Å². The number of urea groups is 1. The Kier molecular flexibility index (Phi) is 8.72. The quantitative estimate of drug-likeness (QED) is 0.387. The van der Waals surface area contributed by atoms with Crippen molar-refractivity contribution in [3.63, 3.8) is 0 Å². The fourth-order valence-electron chi connectivity index (χ4n) is 3.14. The van der Waals surface area contributed by atoms with Gasteiger partial charge in [-0.2, -0.15) is 0 Å². The second kappa shape index (κ2) is 11.9. The first-order chi connectivity index (χ1) is 15.9. The Labute approximate surface area is 199 Å². The van der Waals surface area contributed by atoms with E-state index in [0.717, 1.165) is 5.75 Å². The van der Waals surface area contributed by atoms with Gasteiger partial charge in [0.1, 0.15) is 11.5 Å². The standard InChI is InChI=1S/C26H28ClN3O3/c1-19(2)18-25(31)28-16-17-30(26(32)29-21-10-8-20(27)9-11-21)22-12-14-24(15-13-22)33-23-6-4-3-5-7-23/h3-15,19H,16-18H2,1-2H3,(H,28,31)(H,29,32). The van der Waals surface area contributed by atoms with Gasteiger partial charge in [0.25, 0.3) is 0 Å². The van der Waals surface area contributed by atoms with Gasteiger partial charge in [0.05, 0.1) is 0 Å². The highest BCUT2D eigenvalue weighted by Gasteiger charge is 2.17. The SMILES string of the molecule is CC(C)CC(=O)NCCN(C(=O)Nc1ccc(Cl)cc1)c1ccc(Oc2ccccc2)cc1. The van der Waals surface area contributed by atoms with Crippen LogP contribution in [0.4, 0.5) is 16.2 Å². The van der Waals surface area contributed by atoms with E-state index < -0.39 is 0 Å². The van der Waals surface area contributed by atoms with Crippen LogP contribution in [0.25, 0.3) is 0 Å². The van der Waals surface area contributed by atoms with E-state index in [4.69, 9.17) is 16.3 Å². The summed E-state index contributed by atoms with van der Waals surface area (Å²) in [5, 5.41) is 6.35. The van der Waals surface area contributed by atoms with Crippen molar-refractivity contribution in [3.05, 3.63) is 83.9 Å². The molecule has 3 rings (SSSR count). The van der Waals surface area contributed by atoms with Gasteiger partial charge in [0.2, 0.25) is 5.91 Å². The average molecular weight is 466 g/mol. The van der Waals surface area contributed by atoms with Crippen molar-refractivity contribution in [2.45, 2.75) is 20.3 Å². The Balaban J connectivity index is 1.71. The molecule has 3 aromatic rings. The largest absolute Gasteiger partial charge is 0.457 e. The topological polar surface area (TPSA) is 70.7 Å². The van der Waals surface area contributed by atoms with Gasteiger partial charge in [-0.25, -0.2) is 4.79 Å². The summed E-state index contributed by atoms with van der Waals surface area (Å²) < 4.78 is 5.84. The molecule has 0 spiro atoms. The molecule has 0 fully saturated rings. The van der Waals surface area contributed by atoms with Crippen LogP contribution in [0.2, 0.25) is 5.02 Å². The number of carbonyl (C=O) groups excluding carboxylic acids is 2. The molecular formula is C26H28ClN3O3. The number of anilines is 2. The number of nitrogens with one attached hydrogen (secondary N) is 2. The first kappa shape index (κ1) is 24.1. The zero-order valence-electron chi connectivity index (χ0n) is 18.8. The minimum atomic E-state index is -0.313. The Bertz CT molecular complexity index is 1040. The van der Waals surface area contributed by atoms with Crippen LogP contribution in [0.5, 0.6) is 11.5 Å². The number of halogens is 1. The minimum Gasteiger partial charge on any atom is -0.457 e. The number of ether oxygens (including phenoxy) is 1. The highest BCUT2D eigenvalue weighted by atomic mass is 35.5. The highest BCUT2D eigenvalue weighted by Crippen LogP contribution is 2.25. The summed E-state index contributed by atoms with van der Waals surface area (Å²) in [6.07, 6.45) is 0.447. The molecule has 0 heterocycles. The van der Waals surface area contributed by atoms with Crippen molar-refractivity contribution in [3.8, 4) is 11.5 Å². The van der Waals surface area contributed by atoms with Gasteiger partial charge >= 0.3 is 6.03 Å². The minimum absolute atomic E-state index is 0.0327. The molecule has 0 radical (unpaired) electrons. The molecule has 0 saturated carbocycles. The van der Waals surface area contributed by atoms with Crippen LogP contribution in [-0.2, 0) is 4.79 Å². The molecule has 0 aromatic heterocycles. The lowest BCUT2D eigenvalue weighted by Crippen LogP contribution is -2.41. The fourth-order valence-corrected chi connectivity index (χ4v) is 3.27. The highest BCUT2D eigenvalue weighted by molar-refractivity contribution is 6.30. The molecule has 2 N–H and O–H groups in total. The third-order valence-corrected chi connectivity index (χ3v) is 4.97. The van der Waals surface area contributed by atoms with Crippen molar-refractivity contribution < 1.29 is 14.3 Å². The van der Waals surface area contributed by atoms with E-state index in [2.05, 4.69) is 10.6 Å². The third-order valence-electron chi connectivity index (χ3n) is 4.72. The van der Waals surface area contributed by atoms with Gasteiger partial charge in [-0.15, -0.1) is 0 Å². The molecule has 0 aliphatic carbocycles. The van der Waals surface area contributed by atoms with E-state index in [1.54, 1.807) is 29.2 Å². The van der Waals surface area contributed by atoms with Gasteiger partial charge in [-0.1, -0.05) is 43.6 Å². The average Bonchev–Trinajstić information content (AvgIpc) is 2.79. The number of hydrogen-bond donors (Lipinski definition) is 2. The summed E-state index contributed by atoms with van der Waals surface area (Å²) in [6, 6.07) is 23.3. The van der Waals surface area contributed by atoms with Crippen LogP contribution in [0, 0.1) is 5.92 Å². The van der Waals surface area contributed by atoms with Crippen molar-refractivity contribution in [2.75, 3.05) is 23.3 Å². The predicted molar refractivity (Wildman–Crippen MR) is 133 cm³/mol. The number of hydrogen-bond acceptors (Lipinski definition) is 3. The molecule has 33 heavy (non-hydrogen) atoms. The van der Waals surface area contributed by atoms with Crippen LogP contribution in [0.15, 0.2) is 78.9 Å². The van der Waals surface area contributed by atoms with Crippen LogP contribution < -0.4 is 20.3 Å². The molecule has 3 amide bonds.